The third-order valence-electron chi connectivity index (χ3n) is 6.16. The van der Waals surface area contributed by atoms with Gasteiger partial charge in [-0.05, 0) is 67.4 Å². The molecule has 0 saturated carbocycles. The molecule has 36 heavy (non-hydrogen) atoms. The molecule has 4 rings (SSSR count). The lowest BCUT2D eigenvalue weighted by Gasteiger charge is -2.21. The standard InChI is InChI=1S/C28H29N3O5/c1-19-4-10-22(11-5-19)31-27(33)25(18-26(32)29-21-8-14-24(36-3)15-9-21)30(28(31)34)17-16-20-6-12-23(35-2)13-7-20/h4-15,25H,16-18H2,1-3H3,(H,29,32)/t25-/m1/s1. The Bertz CT molecular complexity index is 1220. The normalized spacial score (nSPS) is 15.2. The molecule has 186 valence electrons. The minimum atomic E-state index is -0.907. The topological polar surface area (TPSA) is 88.2 Å². The predicted molar refractivity (Wildman–Crippen MR) is 137 cm³/mol. The van der Waals surface area contributed by atoms with Crippen molar-refractivity contribution in [1.82, 2.24) is 4.90 Å². The van der Waals surface area contributed by atoms with Crippen LogP contribution in [0.2, 0.25) is 0 Å². The first-order valence-electron chi connectivity index (χ1n) is 11.7. The van der Waals surface area contributed by atoms with Crippen molar-refractivity contribution in [2.24, 2.45) is 0 Å². The molecular formula is C28H29N3O5. The minimum Gasteiger partial charge on any atom is -0.497 e. The Balaban J connectivity index is 1.53. The van der Waals surface area contributed by atoms with E-state index < -0.39 is 18.0 Å². The van der Waals surface area contributed by atoms with Gasteiger partial charge in [0, 0.05) is 12.2 Å². The van der Waals surface area contributed by atoms with E-state index in [0.29, 0.717) is 30.1 Å². The number of carbonyl (C=O) groups excluding carboxylic acids is 3. The van der Waals surface area contributed by atoms with Gasteiger partial charge in [-0.15, -0.1) is 0 Å². The highest BCUT2D eigenvalue weighted by molar-refractivity contribution is 6.22. The molecule has 4 amide bonds. The zero-order valence-electron chi connectivity index (χ0n) is 20.6. The summed E-state index contributed by atoms with van der Waals surface area (Å²) in [4.78, 5) is 42.4. The van der Waals surface area contributed by atoms with Gasteiger partial charge >= 0.3 is 6.03 Å². The highest BCUT2D eigenvalue weighted by Crippen LogP contribution is 2.28. The zero-order valence-corrected chi connectivity index (χ0v) is 20.6. The highest BCUT2D eigenvalue weighted by atomic mass is 16.5. The van der Waals surface area contributed by atoms with Crippen LogP contribution in [0, 0.1) is 6.92 Å². The molecule has 0 spiro atoms. The van der Waals surface area contributed by atoms with Gasteiger partial charge in [-0.3, -0.25) is 9.59 Å². The van der Waals surface area contributed by atoms with Gasteiger partial charge in [-0.1, -0.05) is 29.8 Å². The molecular weight excluding hydrogens is 458 g/mol. The van der Waals surface area contributed by atoms with Crippen molar-refractivity contribution in [3.8, 4) is 11.5 Å². The Kier molecular flexibility index (Phi) is 7.53. The van der Waals surface area contributed by atoms with E-state index in [0.717, 1.165) is 16.9 Å². The summed E-state index contributed by atoms with van der Waals surface area (Å²) in [5.74, 6) is 0.641. The zero-order chi connectivity index (χ0) is 25.7. The van der Waals surface area contributed by atoms with Crippen molar-refractivity contribution in [2.45, 2.75) is 25.8 Å². The summed E-state index contributed by atoms with van der Waals surface area (Å²) < 4.78 is 10.4. The molecule has 1 atom stereocenters. The fourth-order valence-corrected chi connectivity index (χ4v) is 4.12. The van der Waals surface area contributed by atoms with Crippen LogP contribution in [0.3, 0.4) is 0 Å². The monoisotopic (exact) mass is 487 g/mol. The predicted octanol–water partition coefficient (Wildman–Crippen LogP) is 4.42. The largest absolute Gasteiger partial charge is 0.497 e. The number of carbonyl (C=O) groups is 3. The molecule has 0 aromatic heterocycles. The minimum absolute atomic E-state index is 0.151. The maximum atomic E-state index is 13.4. The number of urea groups is 1. The Morgan fingerprint density at radius 3 is 2.03 bits per heavy atom. The Labute approximate surface area is 210 Å². The SMILES string of the molecule is COc1ccc(CCN2C(=O)N(c3ccc(C)cc3)C(=O)[C@H]2CC(=O)Nc2ccc(OC)cc2)cc1. The molecule has 8 nitrogen and oxygen atoms in total. The van der Waals surface area contributed by atoms with Gasteiger partial charge < -0.3 is 19.7 Å². The van der Waals surface area contributed by atoms with Crippen LogP contribution in [0.15, 0.2) is 72.8 Å². The quantitative estimate of drug-likeness (QED) is 0.452. The molecule has 1 N–H and O–H groups in total. The van der Waals surface area contributed by atoms with Crippen molar-refractivity contribution >= 4 is 29.2 Å². The number of aryl methyl sites for hydroxylation is 1. The average Bonchev–Trinajstić information content (AvgIpc) is 3.12. The molecule has 1 aliphatic heterocycles. The molecule has 3 aromatic rings. The molecule has 1 saturated heterocycles. The second-order valence-electron chi connectivity index (χ2n) is 8.58. The van der Waals surface area contributed by atoms with E-state index in [-0.39, 0.29) is 12.3 Å². The fraction of sp³-hybridized carbons (Fsp3) is 0.250. The number of ether oxygens (including phenoxy) is 2. The van der Waals surface area contributed by atoms with Gasteiger partial charge in [0.25, 0.3) is 5.91 Å². The number of methoxy groups -OCH3 is 2. The number of hydrogen-bond acceptors (Lipinski definition) is 5. The van der Waals surface area contributed by atoms with E-state index in [9.17, 15) is 14.4 Å². The number of hydrogen-bond donors (Lipinski definition) is 1. The lowest BCUT2D eigenvalue weighted by atomic mass is 10.1. The van der Waals surface area contributed by atoms with Gasteiger partial charge in [0.05, 0.1) is 26.3 Å². The maximum absolute atomic E-state index is 13.4. The van der Waals surface area contributed by atoms with Gasteiger partial charge in [0.2, 0.25) is 5.91 Å². The van der Waals surface area contributed by atoms with E-state index in [1.165, 1.54) is 9.80 Å². The van der Waals surface area contributed by atoms with Crippen LogP contribution in [-0.2, 0) is 16.0 Å². The summed E-state index contributed by atoms with van der Waals surface area (Å²) in [6, 6.07) is 20.3. The lowest BCUT2D eigenvalue weighted by molar-refractivity contribution is -0.124. The Hall–Kier alpha value is -4.33. The van der Waals surface area contributed by atoms with Crippen LogP contribution < -0.4 is 19.7 Å². The average molecular weight is 488 g/mol. The molecule has 1 heterocycles. The van der Waals surface area contributed by atoms with Crippen LogP contribution >= 0.6 is 0 Å². The molecule has 3 aromatic carbocycles. The number of imide groups is 1. The van der Waals surface area contributed by atoms with Gasteiger partial charge in [0.15, 0.2) is 0 Å². The Morgan fingerprint density at radius 1 is 0.861 bits per heavy atom. The molecule has 0 aliphatic carbocycles. The number of nitrogens with zero attached hydrogens (tertiary/aromatic N) is 2. The van der Waals surface area contributed by atoms with Crippen LogP contribution in [0.1, 0.15) is 17.5 Å². The summed E-state index contributed by atoms with van der Waals surface area (Å²) in [5.41, 5.74) is 3.08. The number of nitrogens with one attached hydrogen (secondary N) is 1. The summed E-state index contributed by atoms with van der Waals surface area (Å²) in [7, 11) is 3.17. The number of amides is 4. The van der Waals surface area contributed by atoms with E-state index in [4.69, 9.17) is 9.47 Å². The lowest BCUT2D eigenvalue weighted by Crippen LogP contribution is -2.39. The summed E-state index contributed by atoms with van der Waals surface area (Å²) in [5, 5.41) is 2.81. The molecule has 0 radical (unpaired) electrons. The third kappa shape index (κ3) is 5.49. The van der Waals surface area contributed by atoms with Crippen molar-refractivity contribution in [3.05, 3.63) is 83.9 Å². The molecule has 1 aliphatic rings. The van der Waals surface area contributed by atoms with Crippen LogP contribution in [-0.4, -0.2) is 49.6 Å². The number of benzene rings is 3. The third-order valence-corrected chi connectivity index (χ3v) is 6.16. The van der Waals surface area contributed by atoms with E-state index >= 15 is 0 Å². The van der Waals surface area contributed by atoms with Gasteiger partial charge in [-0.25, -0.2) is 9.69 Å². The van der Waals surface area contributed by atoms with Crippen LogP contribution in [0.4, 0.5) is 16.2 Å². The second-order valence-corrected chi connectivity index (χ2v) is 8.58. The molecule has 1 fully saturated rings. The van der Waals surface area contributed by atoms with Crippen LogP contribution in [0.5, 0.6) is 11.5 Å². The number of rotatable bonds is 9. The molecule has 8 heteroatoms. The highest BCUT2D eigenvalue weighted by Gasteiger charge is 2.46. The van der Waals surface area contributed by atoms with E-state index in [1.807, 2.05) is 43.3 Å². The smallest absolute Gasteiger partial charge is 0.332 e. The van der Waals surface area contributed by atoms with Gasteiger partial charge in [0.1, 0.15) is 17.5 Å². The summed E-state index contributed by atoms with van der Waals surface area (Å²) in [6.45, 7) is 2.23. The second kappa shape index (κ2) is 10.9. The van der Waals surface area contributed by atoms with Crippen molar-refractivity contribution in [3.63, 3.8) is 0 Å². The molecule has 0 unspecified atom stereocenters. The van der Waals surface area contributed by atoms with E-state index in [1.54, 1.807) is 50.6 Å². The fourth-order valence-electron chi connectivity index (χ4n) is 4.12. The maximum Gasteiger partial charge on any atom is 0.332 e. The van der Waals surface area contributed by atoms with E-state index in [2.05, 4.69) is 5.32 Å². The van der Waals surface area contributed by atoms with Crippen molar-refractivity contribution < 1.29 is 23.9 Å². The van der Waals surface area contributed by atoms with Crippen molar-refractivity contribution in [1.29, 1.82) is 0 Å². The van der Waals surface area contributed by atoms with Crippen molar-refractivity contribution in [2.75, 3.05) is 31.0 Å². The first-order chi connectivity index (χ1) is 17.4. The van der Waals surface area contributed by atoms with Gasteiger partial charge in [-0.2, -0.15) is 0 Å². The molecule has 0 bridgehead atoms. The first kappa shape index (κ1) is 24.8. The summed E-state index contributed by atoms with van der Waals surface area (Å²) in [6.07, 6.45) is 0.378. The van der Waals surface area contributed by atoms with Crippen LogP contribution in [0.25, 0.3) is 0 Å². The summed E-state index contributed by atoms with van der Waals surface area (Å²) >= 11 is 0. The first-order valence-corrected chi connectivity index (χ1v) is 11.7. The Morgan fingerprint density at radius 2 is 1.44 bits per heavy atom. The number of anilines is 2.